The van der Waals surface area contributed by atoms with E-state index in [2.05, 4.69) is 0 Å². The van der Waals surface area contributed by atoms with E-state index in [9.17, 15) is 14.4 Å². The van der Waals surface area contributed by atoms with Gasteiger partial charge < -0.3 is 0 Å². The molecule has 3 amide bonds. The molecule has 0 aromatic heterocycles. The Morgan fingerprint density at radius 1 is 1.23 bits per heavy atom. The van der Waals surface area contributed by atoms with Gasteiger partial charge in [-0.15, -0.1) is 0 Å². The molecule has 1 aliphatic rings. The summed E-state index contributed by atoms with van der Waals surface area (Å²) in [5.74, 6) is -0.942. The first-order valence-corrected chi connectivity index (χ1v) is 7.15. The van der Waals surface area contributed by atoms with Gasteiger partial charge in [-0.05, 0) is 24.5 Å². The minimum Gasteiger partial charge on any atom is -0.289 e. The summed E-state index contributed by atoms with van der Waals surface area (Å²) < 4.78 is 0. The third-order valence-electron chi connectivity index (χ3n) is 3.46. The number of amides is 3. The van der Waals surface area contributed by atoms with Gasteiger partial charge in [0, 0.05) is 18.5 Å². The summed E-state index contributed by atoms with van der Waals surface area (Å²) >= 11 is 0. The first kappa shape index (κ1) is 15.9. The number of hydrogen-bond acceptors (Lipinski definition) is 4. The molecule has 1 heterocycles. The number of benzene rings is 1. The lowest BCUT2D eigenvalue weighted by molar-refractivity contribution is -0.137. The van der Waals surface area contributed by atoms with Gasteiger partial charge in [-0.2, -0.15) is 0 Å². The molecule has 1 aliphatic heterocycles. The molecule has 116 valence electrons. The molecule has 0 saturated carbocycles. The highest BCUT2D eigenvalue weighted by atomic mass is 16.5. The molecule has 6 nitrogen and oxygen atoms in total. The van der Waals surface area contributed by atoms with Gasteiger partial charge in [0.2, 0.25) is 11.8 Å². The summed E-state index contributed by atoms with van der Waals surface area (Å²) in [5, 5.41) is 8.38. The van der Waals surface area contributed by atoms with E-state index in [0.717, 1.165) is 5.56 Å². The van der Waals surface area contributed by atoms with Crippen molar-refractivity contribution in [3.63, 3.8) is 0 Å². The van der Waals surface area contributed by atoms with E-state index in [1.54, 1.807) is 11.6 Å². The minimum absolute atomic E-state index is 0.116. The summed E-state index contributed by atoms with van der Waals surface area (Å²) in [6, 6.07) is 9.38. The summed E-state index contributed by atoms with van der Waals surface area (Å²) in [7, 11) is 0. The predicted octanol–water partition coefficient (Wildman–Crippen LogP) is 1.50. The number of rotatable bonds is 6. The maximum atomic E-state index is 12.2. The van der Waals surface area contributed by atoms with E-state index >= 15 is 0 Å². The maximum absolute atomic E-state index is 12.2. The fraction of sp³-hybridized carbons (Fsp3) is 0.312. The smallest absolute Gasteiger partial charge is 0.256 e. The molecule has 0 unspecified atom stereocenters. The molecule has 0 radical (unpaired) electrons. The number of nitrogens with zero attached hydrogens (tertiary/aromatic N) is 1. The summed E-state index contributed by atoms with van der Waals surface area (Å²) in [5.41, 5.74) is 2.93. The van der Waals surface area contributed by atoms with Crippen molar-refractivity contribution in [2.75, 3.05) is 6.54 Å². The number of carbonyl (C=O) groups excluding carboxylic acids is 3. The van der Waals surface area contributed by atoms with Crippen LogP contribution in [-0.4, -0.2) is 34.4 Å². The second-order valence-corrected chi connectivity index (χ2v) is 5.10. The lowest BCUT2D eigenvalue weighted by Crippen LogP contribution is -2.30. The fourth-order valence-corrected chi connectivity index (χ4v) is 2.32. The standard InChI is InChI=1S/C16H18N2O4/c19-14(17-22)8-4-5-9-18-15(20)11-13(16(18)21)10-12-6-2-1-3-7-12/h1-3,6-7,10,22H,4-5,8-9,11H2,(H,17,19). The second kappa shape index (κ2) is 7.51. The van der Waals surface area contributed by atoms with E-state index in [1.807, 2.05) is 30.3 Å². The number of unbranched alkanes of at least 4 members (excludes halogenated alkanes) is 1. The summed E-state index contributed by atoms with van der Waals surface area (Å²) in [6.45, 7) is 0.294. The van der Waals surface area contributed by atoms with Crippen LogP contribution in [-0.2, 0) is 14.4 Å². The zero-order chi connectivity index (χ0) is 15.9. The molecule has 2 N–H and O–H groups in total. The Hall–Kier alpha value is -2.47. The van der Waals surface area contributed by atoms with Crippen molar-refractivity contribution < 1.29 is 19.6 Å². The molecule has 1 saturated heterocycles. The molecule has 1 aromatic rings. The zero-order valence-corrected chi connectivity index (χ0v) is 12.1. The van der Waals surface area contributed by atoms with Crippen LogP contribution in [0.3, 0.4) is 0 Å². The number of nitrogens with one attached hydrogen (secondary N) is 1. The predicted molar refractivity (Wildman–Crippen MR) is 79.5 cm³/mol. The fourth-order valence-electron chi connectivity index (χ4n) is 2.32. The molecule has 0 aliphatic carbocycles. The Bertz CT molecular complexity index is 595. The van der Waals surface area contributed by atoms with Gasteiger partial charge in [0.05, 0.1) is 6.42 Å². The first-order chi connectivity index (χ1) is 10.6. The van der Waals surface area contributed by atoms with E-state index in [4.69, 9.17) is 5.21 Å². The van der Waals surface area contributed by atoms with Crippen LogP contribution in [0.5, 0.6) is 0 Å². The van der Waals surface area contributed by atoms with Crippen molar-refractivity contribution in [2.45, 2.75) is 25.7 Å². The number of imide groups is 1. The van der Waals surface area contributed by atoms with Crippen LogP contribution in [0.15, 0.2) is 35.9 Å². The van der Waals surface area contributed by atoms with Gasteiger partial charge in [-0.1, -0.05) is 30.3 Å². The Kier molecular flexibility index (Phi) is 5.43. The summed E-state index contributed by atoms with van der Waals surface area (Å²) in [6.07, 6.45) is 3.05. The van der Waals surface area contributed by atoms with Gasteiger partial charge in [0.15, 0.2) is 0 Å². The molecular formula is C16H18N2O4. The van der Waals surface area contributed by atoms with Crippen molar-refractivity contribution in [3.05, 3.63) is 41.5 Å². The normalized spacial score (nSPS) is 16.4. The molecule has 6 heteroatoms. The Balaban J connectivity index is 1.92. The lowest BCUT2D eigenvalue weighted by atomic mass is 10.1. The van der Waals surface area contributed by atoms with Crippen LogP contribution in [0.2, 0.25) is 0 Å². The monoisotopic (exact) mass is 302 g/mol. The van der Waals surface area contributed by atoms with Crippen LogP contribution < -0.4 is 5.48 Å². The molecule has 0 atom stereocenters. The topological polar surface area (TPSA) is 86.7 Å². The van der Waals surface area contributed by atoms with E-state index in [-0.39, 0.29) is 24.7 Å². The van der Waals surface area contributed by atoms with Gasteiger partial charge >= 0.3 is 0 Å². The van der Waals surface area contributed by atoms with Crippen molar-refractivity contribution in [1.82, 2.24) is 10.4 Å². The Labute approximate surface area is 128 Å². The van der Waals surface area contributed by atoms with Crippen LogP contribution in [0.4, 0.5) is 0 Å². The van der Waals surface area contributed by atoms with Crippen molar-refractivity contribution >= 4 is 23.8 Å². The van der Waals surface area contributed by atoms with Crippen LogP contribution in [0.1, 0.15) is 31.2 Å². The molecule has 0 bridgehead atoms. The number of carbonyl (C=O) groups is 3. The third kappa shape index (κ3) is 4.02. The van der Waals surface area contributed by atoms with E-state index in [1.165, 1.54) is 4.90 Å². The van der Waals surface area contributed by atoms with Crippen molar-refractivity contribution in [2.24, 2.45) is 0 Å². The van der Waals surface area contributed by atoms with Crippen molar-refractivity contribution in [3.8, 4) is 0 Å². The van der Waals surface area contributed by atoms with Gasteiger partial charge in [0.1, 0.15) is 0 Å². The highest BCUT2D eigenvalue weighted by molar-refractivity contribution is 6.15. The van der Waals surface area contributed by atoms with Gasteiger partial charge in [0.25, 0.3) is 5.91 Å². The molecule has 0 spiro atoms. The number of likely N-dealkylation sites (tertiary alicyclic amines) is 1. The molecule has 22 heavy (non-hydrogen) atoms. The average Bonchev–Trinajstić information content (AvgIpc) is 2.79. The van der Waals surface area contributed by atoms with Crippen molar-refractivity contribution in [1.29, 1.82) is 0 Å². The SMILES string of the molecule is O=C(CCCCN1C(=O)CC(=Cc2ccccc2)C1=O)NO. The third-order valence-corrected chi connectivity index (χ3v) is 3.46. The zero-order valence-electron chi connectivity index (χ0n) is 12.1. The quantitative estimate of drug-likeness (QED) is 0.274. The highest BCUT2D eigenvalue weighted by Gasteiger charge is 2.32. The Morgan fingerprint density at radius 3 is 2.64 bits per heavy atom. The van der Waals surface area contributed by atoms with Gasteiger partial charge in [-0.25, -0.2) is 5.48 Å². The van der Waals surface area contributed by atoms with Crippen LogP contribution in [0.25, 0.3) is 6.08 Å². The maximum Gasteiger partial charge on any atom is 0.256 e. The van der Waals surface area contributed by atoms with Crippen LogP contribution >= 0.6 is 0 Å². The lowest BCUT2D eigenvalue weighted by Gasteiger charge is -2.12. The minimum atomic E-state index is -0.469. The summed E-state index contributed by atoms with van der Waals surface area (Å²) in [4.78, 5) is 36.2. The average molecular weight is 302 g/mol. The number of hydrogen-bond donors (Lipinski definition) is 2. The molecule has 1 fully saturated rings. The molecule has 2 rings (SSSR count). The highest BCUT2D eigenvalue weighted by Crippen LogP contribution is 2.22. The first-order valence-electron chi connectivity index (χ1n) is 7.15. The van der Waals surface area contributed by atoms with E-state index in [0.29, 0.717) is 25.0 Å². The van der Waals surface area contributed by atoms with Gasteiger partial charge in [-0.3, -0.25) is 24.5 Å². The largest absolute Gasteiger partial charge is 0.289 e. The van der Waals surface area contributed by atoms with E-state index < -0.39 is 5.91 Å². The Morgan fingerprint density at radius 2 is 1.95 bits per heavy atom. The second-order valence-electron chi connectivity index (χ2n) is 5.10. The molecular weight excluding hydrogens is 284 g/mol. The molecule has 1 aromatic carbocycles. The van der Waals surface area contributed by atoms with Crippen LogP contribution in [0, 0.1) is 0 Å². The number of hydroxylamine groups is 1.